The van der Waals surface area contributed by atoms with E-state index < -0.39 is 5.97 Å². The van der Waals surface area contributed by atoms with Crippen LogP contribution in [0.25, 0.3) is 5.69 Å². The van der Waals surface area contributed by atoms with E-state index in [2.05, 4.69) is 5.10 Å². The van der Waals surface area contributed by atoms with Gasteiger partial charge < -0.3 is 5.11 Å². The molecule has 0 radical (unpaired) electrons. The normalized spacial score (nSPS) is 10.5. The Hall–Kier alpha value is -2.10. The largest absolute Gasteiger partial charge is 0.477 e. The first-order valence-electron chi connectivity index (χ1n) is 5.36. The predicted molar refractivity (Wildman–Crippen MR) is 64.7 cm³/mol. The molecule has 0 unspecified atom stereocenters. The van der Waals surface area contributed by atoms with E-state index in [1.807, 2.05) is 32.0 Å². The minimum absolute atomic E-state index is 0.188. The lowest BCUT2D eigenvalue weighted by molar-refractivity contribution is 0.0687. The molecule has 17 heavy (non-hydrogen) atoms. The molecule has 0 amide bonds. The molecule has 0 aliphatic heterocycles. The standard InChI is InChI=1S/C13H14N2O2/c1-8-4-9(2)6-11(5-8)15-12(13(16)17)7-10(3)14-15/h4-7H,1-3H3,(H,16,17). The van der Waals surface area contributed by atoms with Gasteiger partial charge in [-0.1, -0.05) is 6.07 Å². The Morgan fingerprint density at radius 2 is 1.71 bits per heavy atom. The summed E-state index contributed by atoms with van der Waals surface area (Å²) in [6.07, 6.45) is 0. The molecule has 0 aliphatic rings. The van der Waals surface area contributed by atoms with Crippen molar-refractivity contribution in [2.75, 3.05) is 0 Å². The highest BCUT2D eigenvalue weighted by atomic mass is 16.4. The molecule has 2 aromatic rings. The monoisotopic (exact) mass is 230 g/mol. The fraction of sp³-hybridized carbons (Fsp3) is 0.231. The van der Waals surface area contributed by atoms with E-state index in [1.54, 1.807) is 13.0 Å². The average Bonchev–Trinajstić information content (AvgIpc) is 2.59. The van der Waals surface area contributed by atoms with Crippen molar-refractivity contribution < 1.29 is 9.90 Å². The van der Waals surface area contributed by atoms with Gasteiger partial charge in [-0.25, -0.2) is 9.48 Å². The highest BCUT2D eigenvalue weighted by molar-refractivity contribution is 5.86. The molecular weight excluding hydrogens is 216 g/mol. The molecule has 0 atom stereocenters. The van der Waals surface area contributed by atoms with Crippen LogP contribution in [-0.4, -0.2) is 20.9 Å². The van der Waals surface area contributed by atoms with Crippen LogP contribution in [0.3, 0.4) is 0 Å². The third-order valence-corrected chi connectivity index (χ3v) is 2.50. The number of rotatable bonds is 2. The van der Waals surface area contributed by atoms with Gasteiger partial charge >= 0.3 is 5.97 Å². The number of benzene rings is 1. The molecule has 0 bridgehead atoms. The lowest BCUT2D eigenvalue weighted by Crippen LogP contribution is -2.08. The van der Waals surface area contributed by atoms with Gasteiger partial charge in [0.25, 0.3) is 0 Å². The maximum Gasteiger partial charge on any atom is 0.354 e. The molecule has 0 spiro atoms. The van der Waals surface area contributed by atoms with Gasteiger partial charge in [0, 0.05) is 0 Å². The Morgan fingerprint density at radius 1 is 1.12 bits per heavy atom. The molecule has 1 aromatic heterocycles. The Morgan fingerprint density at radius 3 is 2.24 bits per heavy atom. The molecule has 4 heteroatoms. The summed E-state index contributed by atoms with van der Waals surface area (Å²) in [4.78, 5) is 11.1. The van der Waals surface area contributed by atoms with Gasteiger partial charge in [0.1, 0.15) is 0 Å². The Kier molecular flexibility index (Phi) is 2.71. The molecule has 4 nitrogen and oxygen atoms in total. The molecule has 88 valence electrons. The van der Waals surface area contributed by atoms with Crippen molar-refractivity contribution in [1.82, 2.24) is 9.78 Å². The van der Waals surface area contributed by atoms with E-state index in [0.29, 0.717) is 5.69 Å². The highest BCUT2D eigenvalue weighted by Gasteiger charge is 2.14. The van der Waals surface area contributed by atoms with Crippen LogP contribution in [0.15, 0.2) is 24.3 Å². The van der Waals surface area contributed by atoms with Crippen molar-refractivity contribution in [3.8, 4) is 5.69 Å². The SMILES string of the molecule is Cc1cc(C)cc(-n2nc(C)cc2C(=O)O)c1. The fourth-order valence-corrected chi connectivity index (χ4v) is 1.92. The lowest BCUT2D eigenvalue weighted by atomic mass is 10.1. The van der Waals surface area contributed by atoms with Gasteiger partial charge in [-0.3, -0.25) is 0 Å². The van der Waals surface area contributed by atoms with Gasteiger partial charge in [0.15, 0.2) is 5.69 Å². The molecule has 1 heterocycles. The van der Waals surface area contributed by atoms with Crippen LogP contribution in [0.5, 0.6) is 0 Å². The number of nitrogens with zero attached hydrogens (tertiary/aromatic N) is 2. The third-order valence-electron chi connectivity index (χ3n) is 2.50. The summed E-state index contributed by atoms with van der Waals surface area (Å²) in [7, 11) is 0. The summed E-state index contributed by atoms with van der Waals surface area (Å²) in [5, 5.41) is 13.3. The molecule has 1 aromatic carbocycles. The minimum Gasteiger partial charge on any atom is -0.477 e. The van der Waals surface area contributed by atoms with Crippen molar-refractivity contribution in [3.05, 3.63) is 46.8 Å². The van der Waals surface area contributed by atoms with E-state index in [4.69, 9.17) is 5.11 Å². The zero-order chi connectivity index (χ0) is 12.6. The van der Waals surface area contributed by atoms with Gasteiger partial charge in [-0.05, 0) is 50.1 Å². The van der Waals surface area contributed by atoms with Crippen LogP contribution in [0.2, 0.25) is 0 Å². The quantitative estimate of drug-likeness (QED) is 0.862. The van der Waals surface area contributed by atoms with Gasteiger partial charge in [-0.2, -0.15) is 5.10 Å². The summed E-state index contributed by atoms with van der Waals surface area (Å²) in [6, 6.07) is 7.46. The molecule has 0 saturated carbocycles. The smallest absolute Gasteiger partial charge is 0.354 e. The van der Waals surface area contributed by atoms with Crippen LogP contribution in [0.4, 0.5) is 0 Å². The van der Waals surface area contributed by atoms with Crippen molar-refractivity contribution in [2.24, 2.45) is 0 Å². The highest BCUT2D eigenvalue weighted by Crippen LogP contribution is 2.16. The maximum atomic E-state index is 11.1. The van der Waals surface area contributed by atoms with E-state index in [1.165, 1.54) is 4.68 Å². The second kappa shape index (κ2) is 4.05. The minimum atomic E-state index is -0.968. The van der Waals surface area contributed by atoms with E-state index in [9.17, 15) is 4.79 Å². The summed E-state index contributed by atoms with van der Waals surface area (Å²) in [6.45, 7) is 5.74. The summed E-state index contributed by atoms with van der Waals surface area (Å²) >= 11 is 0. The summed E-state index contributed by atoms with van der Waals surface area (Å²) in [5.74, 6) is -0.968. The summed E-state index contributed by atoms with van der Waals surface area (Å²) in [5.41, 5.74) is 3.84. The number of carboxylic acids is 1. The van der Waals surface area contributed by atoms with Crippen LogP contribution >= 0.6 is 0 Å². The molecular formula is C13H14N2O2. The number of carboxylic acid groups (broad SMARTS) is 1. The van der Waals surface area contributed by atoms with Crippen LogP contribution in [0.1, 0.15) is 27.3 Å². The first-order chi connectivity index (χ1) is 7.97. The fourth-order valence-electron chi connectivity index (χ4n) is 1.92. The second-order valence-corrected chi connectivity index (χ2v) is 4.23. The van der Waals surface area contributed by atoms with Crippen molar-refractivity contribution >= 4 is 5.97 Å². The third kappa shape index (κ3) is 2.20. The number of aromatic carboxylic acids is 1. The molecule has 2 rings (SSSR count). The van der Waals surface area contributed by atoms with Crippen LogP contribution in [0, 0.1) is 20.8 Å². The van der Waals surface area contributed by atoms with Crippen LogP contribution in [-0.2, 0) is 0 Å². The molecule has 0 aliphatic carbocycles. The Bertz CT molecular complexity index is 565. The number of aromatic nitrogens is 2. The Labute approximate surface area is 99.5 Å². The van der Waals surface area contributed by atoms with E-state index in [-0.39, 0.29) is 5.69 Å². The molecule has 0 fully saturated rings. The second-order valence-electron chi connectivity index (χ2n) is 4.23. The number of hydrogen-bond donors (Lipinski definition) is 1. The van der Waals surface area contributed by atoms with Gasteiger partial charge in [-0.15, -0.1) is 0 Å². The van der Waals surface area contributed by atoms with Crippen molar-refractivity contribution in [3.63, 3.8) is 0 Å². The zero-order valence-corrected chi connectivity index (χ0v) is 10.1. The number of hydrogen-bond acceptors (Lipinski definition) is 2. The lowest BCUT2D eigenvalue weighted by Gasteiger charge is -2.07. The zero-order valence-electron chi connectivity index (χ0n) is 10.1. The van der Waals surface area contributed by atoms with Gasteiger partial charge in [0.2, 0.25) is 0 Å². The molecule has 0 saturated heterocycles. The maximum absolute atomic E-state index is 11.1. The summed E-state index contributed by atoms with van der Waals surface area (Å²) < 4.78 is 1.47. The molecule has 1 N–H and O–H groups in total. The first-order valence-corrected chi connectivity index (χ1v) is 5.36. The van der Waals surface area contributed by atoms with E-state index >= 15 is 0 Å². The topological polar surface area (TPSA) is 55.1 Å². The Balaban J connectivity index is 2.63. The van der Waals surface area contributed by atoms with Gasteiger partial charge in [0.05, 0.1) is 11.4 Å². The number of carbonyl (C=O) groups is 1. The predicted octanol–water partition coefficient (Wildman–Crippen LogP) is 2.50. The number of aryl methyl sites for hydroxylation is 3. The first kappa shape index (κ1) is 11.4. The van der Waals surface area contributed by atoms with Crippen molar-refractivity contribution in [1.29, 1.82) is 0 Å². The van der Waals surface area contributed by atoms with Crippen LogP contribution < -0.4 is 0 Å². The van der Waals surface area contributed by atoms with Crippen molar-refractivity contribution in [2.45, 2.75) is 20.8 Å². The average molecular weight is 230 g/mol. The van der Waals surface area contributed by atoms with E-state index in [0.717, 1.165) is 16.8 Å².